The highest BCUT2D eigenvalue weighted by molar-refractivity contribution is 7.92. The molecule has 29 heavy (non-hydrogen) atoms. The van der Waals surface area contributed by atoms with Crippen LogP contribution in [0, 0.1) is 18.2 Å². The summed E-state index contributed by atoms with van der Waals surface area (Å²) in [4.78, 5) is 19.8. The molecule has 0 amide bonds. The van der Waals surface area contributed by atoms with Crippen LogP contribution in [0.4, 0.5) is 20.3 Å². The number of fused-ring (bicyclic) bond motifs is 1. The minimum absolute atomic E-state index is 0.131. The van der Waals surface area contributed by atoms with Gasteiger partial charge in [0.25, 0.3) is 5.82 Å². The first-order valence-corrected chi connectivity index (χ1v) is 10.1. The van der Waals surface area contributed by atoms with Crippen molar-refractivity contribution in [1.82, 2.24) is 15.2 Å². The lowest BCUT2D eigenvalue weighted by Crippen LogP contribution is -2.19. The number of hydrogen-bond donors (Lipinski definition) is 2. The summed E-state index contributed by atoms with van der Waals surface area (Å²) in [5, 5.41) is 6.72. The molecule has 0 aliphatic carbocycles. The number of H-pyrrole nitrogens is 1. The fourth-order valence-corrected chi connectivity index (χ4v) is 3.89. The predicted octanol–water partition coefficient (Wildman–Crippen LogP) is 3.36. The second kappa shape index (κ2) is 7.92. The number of sulfonamides is 1. The zero-order chi connectivity index (χ0) is 21.2. The Balaban J connectivity index is 1.93. The first kappa shape index (κ1) is 20.3. The van der Waals surface area contributed by atoms with Crippen molar-refractivity contribution in [3.63, 3.8) is 0 Å². The molecular weight excluding hydrogens is 404 g/mol. The van der Waals surface area contributed by atoms with Gasteiger partial charge in [0.05, 0.1) is 17.0 Å². The normalized spacial score (nSPS) is 11.4. The van der Waals surface area contributed by atoms with Crippen LogP contribution in [0.1, 0.15) is 29.3 Å². The highest BCUT2D eigenvalue weighted by Gasteiger charge is 2.23. The predicted molar refractivity (Wildman–Crippen MR) is 102 cm³/mol. The van der Waals surface area contributed by atoms with Crippen molar-refractivity contribution in [2.75, 3.05) is 10.5 Å². The number of hydrogen-bond acceptors (Lipinski definition) is 5. The quantitative estimate of drug-likeness (QED) is 0.451. The van der Waals surface area contributed by atoms with Gasteiger partial charge in [0, 0.05) is 18.0 Å². The van der Waals surface area contributed by atoms with E-state index in [2.05, 4.69) is 20.0 Å². The van der Waals surface area contributed by atoms with Gasteiger partial charge in [-0.05, 0) is 24.1 Å². The maximum absolute atomic E-state index is 14.7. The van der Waals surface area contributed by atoms with Gasteiger partial charge in [-0.3, -0.25) is 9.52 Å². The molecule has 0 bridgehead atoms. The Morgan fingerprint density at radius 3 is 2.79 bits per heavy atom. The molecule has 0 unspecified atom stereocenters. The standard InChI is InChI=1S/C18H15F2N5O3S/c1-3-6-29(27,28)25-13-5-4-12(19)15(16(13)20)14(26)8-10-7-11-17(21-2)23-24-18(11)22-9-10/h4-5,7,9,25H,3,6,8H2,1H3,(H,22,23,24). The number of nitrogens with zero attached hydrogens (tertiary/aromatic N) is 3. The van der Waals surface area contributed by atoms with Crippen molar-refractivity contribution in [1.29, 1.82) is 0 Å². The monoisotopic (exact) mass is 419 g/mol. The number of anilines is 1. The fourth-order valence-electron chi connectivity index (χ4n) is 2.76. The third kappa shape index (κ3) is 4.22. The molecule has 0 saturated heterocycles. The molecule has 0 fully saturated rings. The van der Waals surface area contributed by atoms with E-state index in [1.165, 1.54) is 12.3 Å². The van der Waals surface area contributed by atoms with Crippen LogP contribution >= 0.6 is 0 Å². The third-order valence-electron chi connectivity index (χ3n) is 4.03. The Morgan fingerprint density at radius 1 is 1.34 bits per heavy atom. The van der Waals surface area contributed by atoms with Gasteiger partial charge in [0.2, 0.25) is 10.0 Å². The molecule has 3 aromatic rings. The van der Waals surface area contributed by atoms with Gasteiger partial charge in [0.15, 0.2) is 17.2 Å². The Morgan fingerprint density at radius 2 is 2.10 bits per heavy atom. The molecule has 2 N–H and O–H groups in total. The lowest BCUT2D eigenvalue weighted by Gasteiger charge is -2.11. The lowest BCUT2D eigenvalue weighted by molar-refractivity contribution is 0.0985. The number of benzene rings is 1. The third-order valence-corrected chi connectivity index (χ3v) is 5.51. The van der Waals surface area contributed by atoms with E-state index in [1.54, 1.807) is 6.92 Å². The van der Waals surface area contributed by atoms with E-state index in [-0.39, 0.29) is 17.2 Å². The van der Waals surface area contributed by atoms with E-state index < -0.39 is 45.1 Å². The van der Waals surface area contributed by atoms with E-state index >= 15 is 0 Å². The highest BCUT2D eigenvalue weighted by atomic mass is 32.2. The molecule has 0 aliphatic rings. The van der Waals surface area contributed by atoms with E-state index in [0.29, 0.717) is 17.4 Å². The number of halogens is 2. The fraction of sp³-hybridized carbons (Fsp3) is 0.222. The van der Waals surface area contributed by atoms with E-state index in [1.807, 2.05) is 4.72 Å². The van der Waals surface area contributed by atoms with Crippen LogP contribution in [-0.4, -0.2) is 35.1 Å². The number of pyridine rings is 1. The Kier molecular flexibility index (Phi) is 5.56. The van der Waals surface area contributed by atoms with Crippen LogP contribution in [0.2, 0.25) is 0 Å². The molecule has 0 saturated carbocycles. The van der Waals surface area contributed by atoms with Crippen molar-refractivity contribution in [3.05, 3.63) is 58.6 Å². The summed E-state index contributed by atoms with van der Waals surface area (Å²) in [6, 6.07) is 3.24. The van der Waals surface area contributed by atoms with Gasteiger partial charge >= 0.3 is 0 Å². The second-order valence-corrected chi connectivity index (χ2v) is 8.05. The lowest BCUT2D eigenvalue weighted by atomic mass is 10.0. The largest absolute Gasteiger partial charge is 0.362 e. The molecule has 0 atom stereocenters. The molecule has 3 rings (SSSR count). The number of rotatable bonds is 7. The SMILES string of the molecule is [C-]#[N+]c1[nH]nc2ncc(CC(=O)c3c(F)ccc(NS(=O)(=O)CCC)c3F)cc12. The Bertz CT molecular complexity index is 1250. The number of aromatic nitrogens is 3. The number of Topliss-reactive ketones (excluding diaryl/α,β-unsaturated/α-hetero) is 1. The summed E-state index contributed by atoms with van der Waals surface area (Å²) in [6.07, 6.45) is 1.23. The van der Waals surface area contributed by atoms with Crippen LogP contribution in [-0.2, 0) is 16.4 Å². The summed E-state index contributed by atoms with van der Waals surface area (Å²) in [5.41, 5.74) is -0.747. The van der Waals surface area contributed by atoms with Crippen molar-refractivity contribution < 1.29 is 22.0 Å². The molecule has 2 aromatic heterocycles. The minimum atomic E-state index is -3.82. The number of ketones is 1. The van der Waals surface area contributed by atoms with Gasteiger partial charge in [-0.2, -0.15) is 0 Å². The van der Waals surface area contributed by atoms with Gasteiger partial charge in [-0.1, -0.05) is 24.7 Å². The molecule has 0 aliphatic heterocycles. The van der Waals surface area contributed by atoms with Crippen LogP contribution in [0.3, 0.4) is 0 Å². The van der Waals surface area contributed by atoms with Gasteiger partial charge in [0.1, 0.15) is 5.82 Å². The smallest absolute Gasteiger partial charge is 0.259 e. The molecule has 8 nitrogen and oxygen atoms in total. The Hall–Kier alpha value is -3.39. The summed E-state index contributed by atoms with van der Waals surface area (Å²) >= 11 is 0. The summed E-state index contributed by atoms with van der Waals surface area (Å²) in [6.45, 7) is 8.71. The van der Waals surface area contributed by atoms with Crippen molar-refractivity contribution in [2.24, 2.45) is 0 Å². The second-order valence-electron chi connectivity index (χ2n) is 6.20. The molecule has 150 valence electrons. The number of aromatic amines is 1. The van der Waals surface area contributed by atoms with E-state index in [4.69, 9.17) is 6.57 Å². The maximum atomic E-state index is 14.7. The topological polar surface area (TPSA) is 109 Å². The Labute approximate surface area is 164 Å². The minimum Gasteiger partial charge on any atom is -0.362 e. The van der Waals surface area contributed by atoms with Gasteiger partial charge < -0.3 is 4.85 Å². The van der Waals surface area contributed by atoms with Crippen LogP contribution in [0.5, 0.6) is 0 Å². The number of carbonyl (C=O) groups excluding carboxylic acids is 1. The molecule has 11 heteroatoms. The van der Waals surface area contributed by atoms with Gasteiger partial charge in [-0.25, -0.2) is 27.3 Å². The molecule has 0 radical (unpaired) electrons. The highest BCUT2D eigenvalue weighted by Crippen LogP contribution is 2.26. The van der Waals surface area contributed by atoms with Crippen LogP contribution in [0.25, 0.3) is 15.9 Å². The van der Waals surface area contributed by atoms with E-state index in [0.717, 1.165) is 12.1 Å². The maximum Gasteiger partial charge on any atom is 0.259 e. The van der Waals surface area contributed by atoms with Gasteiger partial charge in [-0.15, -0.1) is 0 Å². The summed E-state index contributed by atoms with van der Waals surface area (Å²) in [7, 11) is -3.82. The first-order valence-electron chi connectivity index (χ1n) is 8.48. The average molecular weight is 419 g/mol. The van der Waals surface area contributed by atoms with Crippen LogP contribution < -0.4 is 4.72 Å². The molecular formula is C18H15F2N5O3S. The van der Waals surface area contributed by atoms with Crippen molar-refractivity contribution in [2.45, 2.75) is 19.8 Å². The zero-order valence-electron chi connectivity index (χ0n) is 15.2. The van der Waals surface area contributed by atoms with Crippen LogP contribution in [0.15, 0.2) is 24.4 Å². The first-order chi connectivity index (χ1) is 13.8. The van der Waals surface area contributed by atoms with E-state index in [9.17, 15) is 22.0 Å². The van der Waals surface area contributed by atoms with Crippen molar-refractivity contribution in [3.8, 4) is 0 Å². The molecule has 1 aromatic carbocycles. The average Bonchev–Trinajstić information content (AvgIpc) is 3.06. The summed E-state index contributed by atoms with van der Waals surface area (Å²) < 4.78 is 54.7. The number of carbonyl (C=O) groups is 1. The zero-order valence-corrected chi connectivity index (χ0v) is 16.0. The molecule has 2 heterocycles. The molecule has 0 spiro atoms. The van der Waals surface area contributed by atoms with Crippen molar-refractivity contribution >= 4 is 38.3 Å². The number of nitrogens with one attached hydrogen (secondary N) is 2. The summed E-state index contributed by atoms with van der Waals surface area (Å²) in [5.74, 6) is -3.40.